The van der Waals surface area contributed by atoms with Crippen LogP contribution >= 0.6 is 0 Å². The zero-order chi connectivity index (χ0) is 13.1. The molecule has 0 aromatic heterocycles. The second-order valence-electron chi connectivity index (χ2n) is 4.28. The van der Waals surface area contributed by atoms with Gasteiger partial charge in [-0.05, 0) is 19.1 Å². The molecule has 1 heterocycles. The average molecular weight is 251 g/mol. The van der Waals surface area contributed by atoms with Crippen molar-refractivity contribution in [2.75, 3.05) is 19.0 Å². The minimum atomic E-state index is -0.425. The lowest BCUT2D eigenvalue weighted by atomic mass is 10.0. The molecule has 1 aliphatic heterocycles. The van der Waals surface area contributed by atoms with Crippen molar-refractivity contribution >= 4 is 11.7 Å². The van der Waals surface area contributed by atoms with E-state index in [1.165, 1.54) is 7.11 Å². The third-order valence-corrected chi connectivity index (χ3v) is 3.04. The van der Waals surface area contributed by atoms with E-state index in [4.69, 9.17) is 14.6 Å². The molecule has 0 radical (unpaired) electrons. The Bertz CT molecular complexity index is 447. The van der Waals surface area contributed by atoms with Gasteiger partial charge in [-0.2, -0.15) is 0 Å². The highest BCUT2D eigenvalue weighted by molar-refractivity contribution is 5.95. The third-order valence-electron chi connectivity index (χ3n) is 3.04. The van der Waals surface area contributed by atoms with Crippen LogP contribution in [0.3, 0.4) is 0 Å². The van der Waals surface area contributed by atoms with Gasteiger partial charge in [-0.1, -0.05) is 6.07 Å². The van der Waals surface area contributed by atoms with Crippen molar-refractivity contribution in [3.05, 3.63) is 23.8 Å². The Labute approximate surface area is 106 Å². The van der Waals surface area contributed by atoms with Gasteiger partial charge < -0.3 is 19.9 Å². The summed E-state index contributed by atoms with van der Waals surface area (Å²) in [5.41, 5.74) is 1.18. The number of hydrogen-bond donors (Lipinski definition) is 2. The fourth-order valence-electron chi connectivity index (χ4n) is 2.08. The molecule has 2 N–H and O–H groups in total. The van der Waals surface area contributed by atoms with Crippen molar-refractivity contribution < 1.29 is 19.4 Å². The quantitative estimate of drug-likeness (QED) is 0.795. The molecule has 0 fully saturated rings. The van der Waals surface area contributed by atoms with Crippen LogP contribution in [0, 0.1) is 0 Å². The van der Waals surface area contributed by atoms with Gasteiger partial charge in [-0.25, -0.2) is 4.79 Å². The Hall–Kier alpha value is -1.75. The van der Waals surface area contributed by atoms with Gasteiger partial charge in [0.25, 0.3) is 0 Å². The highest BCUT2D eigenvalue weighted by Crippen LogP contribution is 2.35. The van der Waals surface area contributed by atoms with E-state index in [0.717, 1.165) is 5.69 Å². The number of aliphatic hydroxyl groups excluding tert-OH is 1. The molecule has 18 heavy (non-hydrogen) atoms. The summed E-state index contributed by atoms with van der Waals surface area (Å²) in [7, 11) is 1.34. The van der Waals surface area contributed by atoms with Crippen LogP contribution in [0.2, 0.25) is 0 Å². The summed E-state index contributed by atoms with van der Waals surface area (Å²) in [5.74, 6) is 0.0758. The molecule has 2 rings (SSSR count). The first-order valence-electron chi connectivity index (χ1n) is 5.92. The molecule has 5 nitrogen and oxygen atoms in total. The molecule has 1 aromatic rings. The van der Waals surface area contributed by atoms with Gasteiger partial charge in [0.15, 0.2) is 5.75 Å². The van der Waals surface area contributed by atoms with Crippen LogP contribution < -0.4 is 10.1 Å². The van der Waals surface area contributed by atoms with E-state index >= 15 is 0 Å². The number of carbonyl (C=O) groups excluding carboxylic acids is 1. The lowest BCUT2D eigenvalue weighted by Crippen LogP contribution is -2.40. The summed E-state index contributed by atoms with van der Waals surface area (Å²) in [6.45, 7) is 2.03. The van der Waals surface area contributed by atoms with Crippen molar-refractivity contribution in [2.24, 2.45) is 0 Å². The Balaban J connectivity index is 2.35. The normalized spacial score (nSPS) is 21.5. The molecular formula is C13H17NO4. The second kappa shape index (κ2) is 5.27. The molecule has 0 bridgehead atoms. The summed E-state index contributed by atoms with van der Waals surface area (Å²) in [4.78, 5) is 11.7. The van der Waals surface area contributed by atoms with E-state index in [0.29, 0.717) is 17.7 Å². The summed E-state index contributed by atoms with van der Waals surface area (Å²) in [6.07, 6.45) is 0.358. The predicted molar refractivity (Wildman–Crippen MR) is 67.0 cm³/mol. The van der Waals surface area contributed by atoms with Gasteiger partial charge in [0.1, 0.15) is 11.7 Å². The predicted octanol–water partition coefficient (Wildman–Crippen LogP) is 1.42. The van der Waals surface area contributed by atoms with Crippen LogP contribution in [0.4, 0.5) is 5.69 Å². The van der Waals surface area contributed by atoms with Gasteiger partial charge in [-0.15, -0.1) is 0 Å². The van der Waals surface area contributed by atoms with Crippen LogP contribution in [0.5, 0.6) is 5.75 Å². The largest absolute Gasteiger partial charge is 0.485 e. The Morgan fingerprint density at radius 2 is 2.33 bits per heavy atom. The number of fused-ring (bicyclic) bond motifs is 1. The summed E-state index contributed by atoms with van der Waals surface area (Å²) < 4.78 is 10.5. The Morgan fingerprint density at radius 3 is 3.00 bits per heavy atom. The van der Waals surface area contributed by atoms with Crippen LogP contribution in [0.1, 0.15) is 23.7 Å². The van der Waals surface area contributed by atoms with Crippen molar-refractivity contribution in [3.63, 3.8) is 0 Å². The molecular weight excluding hydrogens is 234 g/mol. The fourth-order valence-corrected chi connectivity index (χ4v) is 2.08. The first-order chi connectivity index (χ1) is 8.67. The molecule has 0 saturated carbocycles. The Kier molecular flexibility index (Phi) is 3.72. The van der Waals surface area contributed by atoms with Gasteiger partial charge in [0.05, 0.1) is 18.8 Å². The topological polar surface area (TPSA) is 67.8 Å². The number of carbonyl (C=O) groups is 1. The highest BCUT2D eigenvalue weighted by atomic mass is 16.5. The van der Waals surface area contributed by atoms with Crippen molar-refractivity contribution in [1.29, 1.82) is 0 Å². The molecule has 2 atom stereocenters. The minimum Gasteiger partial charge on any atom is -0.485 e. The number of hydrogen-bond acceptors (Lipinski definition) is 5. The molecule has 0 saturated heterocycles. The van der Waals surface area contributed by atoms with Crippen molar-refractivity contribution in [3.8, 4) is 5.75 Å². The van der Waals surface area contributed by atoms with E-state index in [2.05, 4.69) is 5.32 Å². The number of nitrogens with one attached hydrogen (secondary N) is 1. The molecule has 1 aliphatic rings. The SMILES string of the molecule is COC(=O)c1cccc2c1OC(CCO)C(C)N2. The van der Waals surface area contributed by atoms with Crippen LogP contribution in [-0.4, -0.2) is 36.9 Å². The molecule has 98 valence electrons. The highest BCUT2D eigenvalue weighted by Gasteiger charge is 2.29. The van der Waals surface area contributed by atoms with Gasteiger partial charge in [-0.3, -0.25) is 0 Å². The number of esters is 1. The number of aliphatic hydroxyl groups is 1. The molecule has 5 heteroatoms. The first kappa shape index (κ1) is 12.7. The van der Waals surface area contributed by atoms with Crippen LogP contribution in [0.25, 0.3) is 0 Å². The van der Waals surface area contributed by atoms with E-state index in [1.807, 2.05) is 13.0 Å². The molecule has 0 amide bonds. The minimum absolute atomic E-state index is 0.0480. The Morgan fingerprint density at radius 1 is 1.56 bits per heavy atom. The van der Waals surface area contributed by atoms with E-state index in [-0.39, 0.29) is 18.8 Å². The van der Waals surface area contributed by atoms with Crippen LogP contribution in [-0.2, 0) is 4.74 Å². The number of ether oxygens (including phenoxy) is 2. The number of rotatable bonds is 3. The molecule has 1 aromatic carbocycles. The molecule has 0 spiro atoms. The second-order valence-corrected chi connectivity index (χ2v) is 4.28. The number of anilines is 1. The zero-order valence-electron chi connectivity index (χ0n) is 10.5. The molecule has 0 aliphatic carbocycles. The molecule has 2 unspecified atom stereocenters. The lowest BCUT2D eigenvalue weighted by molar-refractivity contribution is 0.0588. The zero-order valence-corrected chi connectivity index (χ0v) is 10.5. The maximum Gasteiger partial charge on any atom is 0.341 e. The smallest absolute Gasteiger partial charge is 0.341 e. The van der Waals surface area contributed by atoms with E-state index in [9.17, 15) is 4.79 Å². The summed E-state index contributed by atoms with van der Waals surface area (Å²) in [6, 6.07) is 5.38. The fraction of sp³-hybridized carbons (Fsp3) is 0.462. The van der Waals surface area contributed by atoms with Gasteiger partial charge >= 0.3 is 5.97 Å². The standard InChI is InChI=1S/C13H17NO4/c1-8-11(6-7-15)18-12-9(13(16)17-2)4-3-5-10(12)14-8/h3-5,8,11,14-15H,6-7H2,1-2H3. The summed E-state index contributed by atoms with van der Waals surface area (Å²) in [5, 5.41) is 12.3. The average Bonchev–Trinajstić information content (AvgIpc) is 2.38. The van der Waals surface area contributed by atoms with Crippen molar-refractivity contribution in [2.45, 2.75) is 25.5 Å². The number of para-hydroxylation sites is 1. The maximum atomic E-state index is 11.7. The lowest BCUT2D eigenvalue weighted by Gasteiger charge is -2.33. The monoisotopic (exact) mass is 251 g/mol. The first-order valence-corrected chi connectivity index (χ1v) is 5.92. The van der Waals surface area contributed by atoms with Gasteiger partial charge in [0.2, 0.25) is 0 Å². The third kappa shape index (κ3) is 2.26. The van der Waals surface area contributed by atoms with Crippen molar-refractivity contribution in [1.82, 2.24) is 0 Å². The van der Waals surface area contributed by atoms with E-state index in [1.54, 1.807) is 12.1 Å². The summed E-state index contributed by atoms with van der Waals surface area (Å²) >= 11 is 0. The van der Waals surface area contributed by atoms with Crippen LogP contribution in [0.15, 0.2) is 18.2 Å². The number of benzene rings is 1. The van der Waals surface area contributed by atoms with Gasteiger partial charge in [0, 0.05) is 13.0 Å². The maximum absolute atomic E-state index is 11.7. The number of methoxy groups -OCH3 is 1. The van der Waals surface area contributed by atoms with E-state index < -0.39 is 5.97 Å².